The highest BCUT2D eigenvalue weighted by Crippen LogP contribution is 2.23. The number of aryl methyl sites for hydroxylation is 2. The van der Waals surface area contributed by atoms with Crippen LogP contribution in [0.25, 0.3) is 0 Å². The summed E-state index contributed by atoms with van der Waals surface area (Å²) in [5.74, 6) is -0.196. The maximum absolute atomic E-state index is 12.9. The Balaban J connectivity index is 1.35. The Hall–Kier alpha value is -2.22. The Morgan fingerprint density at radius 3 is 2.35 bits per heavy atom. The second-order valence-electron chi connectivity index (χ2n) is 8.82. The topological polar surface area (TPSA) is 78.5 Å². The number of sulfonamides is 1. The van der Waals surface area contributed by atoms with E-state index >= 15 is 0 Å². The number of rotatable bonds is 7. The molecule has 2 aromatic carbocycles. The summed E-state index contributed by atoms with van der Waals surface area (Å²) in [6.45, 7) is 6.76. The molecule has 7 heteroatoms. The molecule has 0 unspecified atom stereocenters. The molecule has 2 aromatic rings. The van der Waals surface area contributed by atoms with Crippen LogP contribution < -0.4 is 10.0 Å². The number of carbonyl (C=O) groups excluding carboxylic acids is 1. The highest BCUT2D eigenvalue weighted by Gasteiger charge is 2.29. The molecule has 1 aliphatic heterocycles. The van der Waals surface area contributed by atoms with Gasteiger partial charge >= 0.3 is 0 Å². The molecule has 166 valence electrons. The normalized spacial score (nSPS) is 18.1. The highest BCUT2D eigenvalue weighted by atomic mass is 32.2. The van der Waals surface area contributed by atoms with Gasteiger partial charge in [-0.05, 0) is 68.4 Å². The minimum Gasteiger partial charge on any atom is -0.349 e. The summed E-state index contributed by atoms with van der Waals surface area (Å²) in [7, 11) is -3.58. The molecule has 6 nitrogen and oxygen atoms in total. The fraction of sp³-hybridized carbons (Fsp3) is 0.458. The number of amides is 1. The number of piperidine rings is 1. The molecule has 1 heterocycles. The molecule has 4 rings (SSSR count). The predicted octanol–water partition coefficient (Wildman–Crippen LogP) is 3.14. The summed E-state index contributed by atoms with van der Waals surface area (Å²) in [4.78, 5) is 15.5. The first-order chi connectivity index (χ1) is 14.8. The van der Waals surface area contributed by atoms with Gasteiger partial charge in [-0.25, -0.2) is 13.1 Å². The van der Waals surface area contributed by atoms with Crippen LogP contribution >= 0.6 is 0 Å². The van der Waals surface area contributed by atoms with Crippen LogP contribution in [0.1, 0.15) is 52.7 Å². The quantitative estimate of drug-likeness (QED) is 0.692. The molecule has 0 bridgehead atoms. The van der Waals surface area contributed by atoms with Gasteiger partial charge in [-0.2, -0.15) is 0 Å². The van der Waals surface area contributed by atoms with Gasteiger partial charge in [-0.15, -0.1) is 0 Å². The van der Waals surface area contributed by atoms with E-state index in [1.165, 1.54) is 17.2 Å². The van der Waals surface area contributed by atoms with Crippen LogP contribution in [0.3, 0.4) is 0 Å². The van der Waals surface area contributed by atoms with E-state index in [0.29, 0.717) is 5.56 Å². The Morgan fingerprint density at radius 2 is 1.68 bits per heavy atom. The molecule has 31 heavy (non-hydrogen) atoms. The van der Waals surface area contributed by atoms with E-state index in [9.17, 15) is 13.2 Å². The summed E-state index contributed by atoms with van der Waals surface area (Å²) in [6.07, 6.45) is 3.53. The number of nitrogens with one attached hydrogen (secondary N) is 2. The van der Waals surface area contributed by atoms with Crippen LogP contribution in [0.4, 0.5) is 0 Å². The lowest BCUT2D eigenvalue weighted by Gasteiger charge is -2.32. The Bertz CT molecular complexity index is 1060. The molecule has 2 aliphatic rings. The van der Waals surface area contributed by atoms with Crippen molar-refractivity contribution in [2.24, 2.45) is 0 Å². The lowest BCUT2D eigenvalue weighted by molar-refractivity contribution is 0.0908. The van der Waals surface area contributed by atoms with Crippen LogP contribution in [-0.2, 0) is 16.6 Å². The fourth-order valence-electron chi connectivity index (χ4n) is 4.03. The third-order valence-corrected chi connectivity index (χ3v) is 7.76. The summed E-state index contributed by atoms with van der Waals surface area (Å²) < 4.78 is 27.7. The molecule has 1 amide bonds. The van der Waals surface area contributed by atoms with Crippen LogP contribution in [0.15, 0.2) is 47.4 Å². The number of likely N-dealkylation sites (tertiary alicyclic amines) is 1. The zero-order chi connectivity index (χ0) is 22.0. The second kappa shape index (κ2) is 9.10. The molecular formula is C24H31N3O3S. The molecular weight excluding hydrogens is 410 g/mol. The number of nitrogens with zero attached hydrogens (tertiary/aromatic N) is 1. The Morgan fingerprint density at radius 1 is 0.968 bits per heavy atom. The summed E-state index contributed by atoms with van der Waals surface area (Å²) in [6, 6.07) is 13.4. The summed E-state index contributed by atoms with van der Waals surface area (Å²) in [5.41, 5.74) is 3.86. The van der Waals surface area contributed by atoms with Crippen LogP contribution in [0.2, 0.25) is 0 Å². The van der Waals surface area contributed by atoms with E-state index in [2.05, 4.69) is 46.1 Å². The lowest BCUT2D eigenvalue weighted by atomic mass is 10.0. The molecule has 0 aromatic heterocycles. The van der Waals surface area contributed by atoms with Crippen molar-refractivity contribution in [3.05, 3.63) is 64.7 Å². The van der Waals surface area contributed by atoms with Gasteiger partial charge in [0, 0.05) is 37.3 Å². The number of hydrogen-bond donors (Lipinski definition) is 2. The average Bonchev–Trinajstić information content (AvgIpc) is 3.54. The molecule has 1 saturated heterocycles. The van der Waals surface area contributed by atoms with Gasteiger partial charge in [0.25, 0.3) is 5.91 Å². The largest absolute Gasteiger partial charge is 0.349 e. The minimum absolute atomic E-state index is 0.0356. The molecule has 2 N–H and O–H groups in total. The van der Waals surface area contributed by atoms with Crippen molar-refractivity contribution in [3.8, 4) is 0 Å². The van der Waals surface area contributed by atoms with E-state index < -0.39 is 10.0 Å². The molecule has 1 aliphatic carbocycles. The third kappa shape index (κ3) is 5.53. The van der Waals surface area contributed by atoms with Crippen molar-refractivity contribution in [2.75, 3.05) is 13.1 Å². The number of carbonyl (C=O) groups is 1. The van der Waals surface area contributed by atoms with Crippen molar-refractivity contribution in [1.82, 2.24) is 14.9 Å². The summed E-state index contributed by atoms with van der Waals surface area (Å²) >= 11 is 0. The van der Waals surface area contributed by atoms with Crippen molar-refractivity contribution in [1.29, 1.82) is 0 Å². The van der Waals surface area contributed by atoms with Crippen LogP contribution in [0, 0.1) is 13.8 Å². The van der Waals surface area contributed by atoms with Crippen molar-refractivity contribution >= 4 is 15.9 Å². The van der Waals surface area contributed by atoms with E-state index in [-0.39, 0.29) is 22.9 Å². The lowest BCUT2D eigenvalue weighted by Crippen LogP contribution is -2.44. The Labute approximate surface area is 185 Å². The van der Waals surface area contributed by atoms with E-state index in [1.54, 1.807) is 12.1 Å². The predicted molar refractivity (Wildman–Crippen MR) is 121 cm³/mol. The smallest absolute Gasteiger partial charge is 0.251 e. The van der Waals surface area contributed by atoms with Gasteiger partial charge < -0.3 is 5.32 Å². The SMILES string of the molecule is Cc1ccccc1CN1CCC(NC(=O)c2cc(S(=O)(=O)NC3CC3)ccc2C)CC1. The maximum Gasteiger partial charge on any atom is 0.251 e. The second-order valence-corrected chi connectivity index (χ2v) is 10.5. The third-order valence-electron chi connectivity index (χ3n) is 6.24. The van der Waals surface area contributed by atoms with Gasteiger partial charge in [0.1, 0.15) is 0 Å². The van der Waals surface area contributed by atoms with Gasteiger partial charge in [-0.1, -0.05) is 30.3 Å². The maximum atomic E-state index is 12.9. The average molecular weight is 442 g/mol. The van der Waals surface area contributed by atoms with E-state index in [1.807, 2.05) is 6.92 Å². The molecule has 1 saturated carbocycles. The minimum atomic E-state index is -3.58. The first-order valence-corrected chi connectivity index (χ1v) is 12.5. The number of hydrogen-bond acceptors (Lipinski definition) is 4. The van der Waals surface area contributed by atoms with E-state index in [4.69, 9.17) is 0 Å². The van der Waals surface area contributed by atoms with E-state index in [0.717, 1.165) is 50.9 Å². The van der Waals surface area contributed by atoms with Gasteiger partial charge in [-0.3, -0.25) is 9.69 Å². The zero-order valence-electron chi connectivity index (χ0n) is 18.2. The Kier molecular flexibility index (Phi) is 6.46. The zero-order valence-corrected chi connectivity index (χ0v) is 19.0. The highest BCUT2D eigenvalue weighted by molar-refractivity contribution is 7.89. The monoisotopic (exact) mass is 441 g/mol. The van der Waals surface area contributed by atoms with Crippen molar-refractivity contribution in [2.45, 2.75) is 63.1 Å². The molecule has 0 radical (unpaired) electrons. The van der Waals surface area contributed by atoms with Crippen molar-refractivity contribution < 1.29 is 13.2 Å². The van der Waals surface area contributed by atoms with Crippen LogP contribution in [0.5, 0.6) is 0 Å². The van der Waals surface area contributed by atoms with Crippen molar-refractivity contribution in [3.63, 3.8) is 0 Å². The molecule has 0 atom stereocenters. The summed E-state index contributed by atoms with van der Waals surface area (Å²) in [5, 5.41) is 3.12. The number of benzene rings is 2. The fourth-order valence-corrected chi connectivity index (χ4v) is 5.36. The molecule has 2 fully saturated rings. The molecule has 0 spiro atoms. The van der Waals surface area contributed by atoms with Gasteiger partial charge in [0.15, 0.2) is 0 Å². The van der Waals surface area contributed by atoms with Crippen LogP contribution in [-0.4, -0.2) is 44.4 Å². The first kappa shape index (κ1) is 22.0. The van der Waals surface area contributed by atoms with Gasteiger partial charge in [0.2, 0.25) is 10.0 Å². The standard InChI is InChI=1S/C24H31N3O3S/c1-17-5-3-4-6-19(17)16-27-13-11-20(12-14-27)25-24(28)23-15-22(10-7-18(23)2)31(29,30)26-21-8-9-21/h3-7,10,15,20-21,26H,8-9,11-14,16H2,1-2H3,(H,25,28). The van der Waals surface area contributed by atoms with Gasteiger partial charge in [0.05, 0.1) is 4.90 Å². The first-order valence-electron chi connectivity index (χ1n) is 11.0.